The Morgan fingerprint density at radius 2 is 1.60 bits per heavy atom. The van der Waals surface area contributed by atoms with E-state index in [-0.39, 0.29) is 11.8 Å². The molecule has 0 amide bonds. The monoisotopic (exact) mass is 266 g/mol. The molecule has 0 saturated carbocycles. The Bertz CT molecular complexity index is 727. The van der Waals surface area contributed by atoms with E-state index < -0.39 is 0 Å². The topological polar surface area (TPSA) is 64.7 Å². The van der Waals surface area contributed by atoms with Crippen molar-refractivity contribution in [3.05, 3.63) is 60.8 Å². The highest BCUT2D eigenvalue weighted by Crippen LogP contribution is 2.30. The van der Waals surface area contributed by atoms with Crippen LogP contribution in [0, 0.1) is 5.82 Å². The van der Waals surface area contributed by atoms with E-state index in [0.717, 1.165) is 16.7 Å². The van der Waals surface area contributed by atoms with Crippen LogP contribution in [0.1, 0.15) is 0 Å². The van der Waals surface area contributed by atoms with E-state index in [1.807, 2.05) is 12.1 Å². The average Bonchev–Trinajstić information content (AvgIpc) is 2.49. The molecule has 0 fully saturated rings. The van der Waals surface area contributed by atoms with E-state index in [4.69, 9.17) is 5.73 Å². The lowest BCUT2D eigenvalue weighted by molar-refractivity contribution is 0.628. The maximum atomic E-state index is 13.0. The van der Waals surface area contributed by atoms with Crippen molar-refractivity contribution < 1.29 is 4.39 Å². The first kappa shape index (κ1) is 12.2. The molecule has 0 radical (unpaired) electrons. The third-order valence-electron chi connectivity index (χ3n) is 2.92. The van der Waals surface area contributed by atoms with Crippen LogP contribution in [-0.4, -0.2) is 15.0 Å². The molecule has 0 aliphatic carbocycles. The molecule has 0 aliphatic heterocycles. The summed E-state index contributed by atoms with van der Waals surface area (Å²) in [4.78, 5) is 12.3. The maximum Gasteiger partial charge on any atom is 0.220 e. The molecule has 0 aliphatic rings. The van der Waals surface area contributed by atoms with Crippen LogP contribution in [0.15, 0.2) is 55.0 Å². The van der Waals surface area contributed by atoms with Gasteiger partial charge in [-0.3, -0.25) is 4.98 Å². The second kappa shape index (κ2) is 5.05. The minimum atomic E-state index is -0.282. The van der Waals surface area contributed by atoms with E-state index in [9.17, 15) is 4.39 Å². The summed E-state index contributed by atoms with van der Waals surface area (Å²) in [5.41, 5.74) is 8.88. The van der Waals surface area contributed by atoms with Crippen molar-refractivity contribution in [1.29, 1.82) is 0 Å². The van der Waals surface area contributed by atoms with Gasteiger partial charge in [0.05, 0.1) is 5.69 Å². The first-order valence-corrected chi connectivity index (χ1v) is 6.03. The third-order valence-corrected chi connectivity index (χ3v) is 2.92. The Kier molecular flexibility index (Phi) is 3.09. The van der Waals surface area contributed by atoms with Gasteiger partial charge in [0.25, 0.3) is 0 Å². The maximum absolute atomic E-state index is 13.0. The van der Waals surface area contributed by atoms with Gasteiger partial charge in [0.2, 0.25) is 5.95 Å². The fourth-order valence-corrected chi connectivity index (χ4v) is 1.97. The Morgan fingerprint density at radius 3 is 2.30 bits per heavy atom. The number of nitrogens with two attached hydrogens (primary N) is 1. The summed E-state index contributed by atoms with van der Waals surface area (Å²) in [6.07, 6.45) is 5.01. The summed E-state index contributed by atoms with van der Waals surface area (Å²) in [6.45, 7) is 0. The lowest BCUT2D eigenvalue weighted by Gasteiger charge is -2.09. The fourth-order valence-electron chi connectivity index (χ4n) is 1.97. The molecule has 3 aromatic rings. The predicted octanol–water partition coefficient (Wildman–Crippen LogP) is 2.93. The first-order valence-electron chi connectivity index (χ1n) is 6.03. The zero-order chi connectivity index (χ0) is 13.9. The van der Waals surface area contributed by atoms with Crippen molar-refractivity contribution in [3.63, 3.8) is 0 Å². The summed E-state index contributed by atoms with van der Waals surface area (Å²) in [6, 6.07) is 9.87. The van der Waals surface area contributed by atoms with Crippen LogP contribution < -0.4 is 5.73 Å². The number of pyridine rings is 1. The van der Waals surface area contributed by atoms with Gasteiger partial charge in [0, 0.05) is 29.7 Å². The number of aromatic nitrogens is 3. The Labute approximate surface area is 115 Å². The minimum Gasteiger partial charge on any atom is -0.368 e. The van der Waals surface area contributed by atoms with Gasteiger partial charge in [-0.15, -0.1) is 0 Å². The number of hydrogen-bond acceptors (Lipinski definition) is 4. The van der Waals surface area contributed by atoms with Crippen molar-refractivity contribution in [2.24, 2.45) is 0 Å². The third kappa shape index (κ3) is 2.33. The Balaban J connectivity index is 2.19. The predicted molar refractivity (Wildman–Crippen MR) is 75.1 cm³/mol. The molecule has 4 nitrogen and oxygen atoms in total. The van der Waals surface area contributed by atoms with Gasteiger partial charge in [-0.25, -0.2) is 14.4 Å². The number of hydrogen-bond donors (Lipinski definition) is 1. The van der Waals surface area contributed by atoms with Gasteiger partial charge in [0.15, 0.2) is 0 Å². The Morgan fingerprint density at radius 1 is 0.900 bits per heavy atom. The molecule has 0 saturated heterocycles. The number of anilines is 1. The molecule has 20 heavy (non-hydrogen) atoms. The van der Waals surface area contributed by atoms with E-state index in [2.05, 4.69) is 15.0 Å². The minimum absolute atomic E-state index is 0.197. The second-order valence-electron chi connectivity index (χ2n) is 4.23. The highest BCUT2D eigenvalue weighted by molar-refractivity contribution is 5.80. The lowest BCUT2D eigenvalue weighted by atomic mass is 10.0. The number of benzene rings is 1. The van der Waals surface area contributed by atoms with Crippen molar-refractivity contribution in [3.8, 4) is 22.4 Å². The molecule has 0 unspecified atom stereocenters. The zero-order valence-corrected chi connectivity index (χ0v) is 10.5. The molecule has 1 aromatic carbocycles. The van der Waals surface area contributed by atoms with Crippen LogP contribution in [0.5, 0.6) is 0 Å². The molecular weight excluding hydrogens is 255 g/mol. The summed E-state index contributed by atoms with van der Waals surface area (Å²) in [5.74, 6) is -0.0850. The van der Waals surface area contributed by atoms with Crippen molar-refractivity contribution >= 4 is 5.95 Å². The van der Waals surface area contributed by atoms with Crippen molar-refractivity contribution in [2.45, 2.75) is 0 Å². The van der Waals surface area contributed by atoms with Crippen LogP contribution in [0.25, 0.3) is 22.4 Å². The molecular formula is C15H11FN4. The number of nitrogen functional groups attached to an aromatic ring is 1. The lowest BCUT2D eigenvalue weighted by Crippen LogP contribution is -1.98. The first-order chi connectivity index (χ1) is 9.74. The van der Waals surface area contributed by atoms with Gasteiger partial charge < -0.3 is 5.73 Å². The molecule has 0 atom stereocenters. The highest BCUT2D eigenvalue weighted by Gasteiger charge is 2.10. The zero-order valence-electron chi connectivity index (χ0n) is 10.5. The largest absolute Gasteiger partial charge is 0.368 e. The molecule has 2 aromatic heterocycles. The molecule has 3 rings (SSSR count). The number of rotatable bonds is 2. The summed E-state index contributed by atoms with van der Waals surface area (Å²) in [7, 11) is 0. The van der Waals surface area contributed by atoms with Gasteiger partial charge in [-0.2, -0.15) is 0 Å². The van der Waals surface area contributed by atoms with E-state index in [1.54, 1.807) is 30.7 Å². The Hall–Kier alpha value is -2.82. The van der Waals surface area contributed by atoms with Gasteiger partial charge in [-0.05, 0) is 29.8 Å². The van der Waals surface area contributed by atoms with Crippen LogP contribution in [0.3, 0.4) is 0 Å². The normalized spacial score (nSPS) is 10.4. The second-order valence-corrected chi connectivity index (χ2v) is 4.23. The molecule has 2 N–H and O–H groups in total. The quantitative estimate of drug-likeness (QED) is 0.774. The molecule has 5 heteroatoms. The number of halogens is 1. The fraction of sp³-hybridized carbons (Fsp3) is 0. The van der Waals surface area contributed by atoms with Crippen LogP contribution >= 0.6 is 0 Å². The standard InChI is InChI=1S/C15H11FN4/c16-12-3-1-10(2-4-12)13-9-19-15(17)20-14(13)11-5-7-18-8-6-11/h1-9H,(H2,17,19,20). The highest BCUT2D eigenvalue weighted by atomic mass is 19.1. The van der Waals surface area contributed by atoms with Crippen LogP contribution in [0.2, 0.25) is 0 Å². The van der Waals surface area contributed by atoms with E-state index >= 15 is 0 Å². The SMILES string of the molecule is Nc1ncc(-c2ccc(F)cc2)c(-c2ccncc2)n1. The summed E-state index contributed by atoms with van der Waals surface area (Å²) in [5, 5.41) is 0. The molecule has 2 heterocycles. The summed E-state index contributed by atoms with van der Waals surface area (Å²) < 4.78 is 13.0. The van der Waals surface area contributed by atoms with Gasteiger partial charge >= 0.3 is 0 Å². The van der Waals surface area contributed by atoms with E-state index in [1.165, 1.54) is 12.1 Å². The van der Waals surface area contributed by atoms with Crippen molar-refractivity contribution in [2.75, 3.05) is 5.73 Å². The molecule has 98 valence electrons. The van der Waals surface area contributed by atoms with E-state index in [0.29, 0.717) is 5.69 Å². The number of nitrogens with zero attached hydrogens (tertiary/aromatic N) is 3. The molecule has 0 bridgehead atoms. The van der Waals surface area contributed by atoms with Gasteiger partial charge in [-0.1, -0.05) is 12.1 Å². The molecule has 0 spiro atoms. The smallest absolute Gasteiger partial charge is 0.220 e. The average molecular weight is 266 g/mol. The van der Waals surface area contributed by atoms with Crippen molar-refractivity contribution in [1.82, 2.24) is 15.0 Å². The summed E-state index contributed by atoms with van der Waals surface area (Å²) >= 11 is 0. The van der Waals surface area contributed by atoms with Crippen LogP contribution in [0.4, 0.5) is 10.3 Å². The van der Waals surface area contributed by atoms with Gasteiger partial charge in [0.1, 0.15) is 5.82 Å². The van der Waals surface area contributed by atoms with Crippen LogP contribution in [-0.2, 0) is 0 Å².